The van der Waals surface area contributed by atoms with E-state index in [1.54, 1.807) is 0 Å². The summed E-state index contributed by atoms with van der Waals surface area (Å²) in [6, 6.07) is 8.58. The Balaban J connectivity index is 2.09. The first-order chi connectivity index (χ1) is 10.1. The van der Waals surface area contributed by atoms with Gasteiger partial charge in [0, 0.05) is 22.0 Å². The first-order valence-corrected chi connectivity index (χ1v) is 8.50. The Kier molecular flexibility index (Phi) is 4.07. The second kappa shape index (κ2) is 5.84. The van der Waals surface area contributed by atoms with Crippen LogP contribution in [-0.2, 0) is 0 Å². The van der Waals surface area contributed by atoms with Crippen LogP contribution in [0.15, 0.2) is 28.7 Å². The average Bonchev–Trinajstić information content (AvgIpc) is 3.07. The summed E-state index contributed by atoms with van der Waals surface area (Å²) in [4.78, 5) is 4.94. The number of nitrogen functional groups attached to an aromatic ring is 1. The molecule has 0 atom stereocenters. The largest absolute Gasteiger partial charge is 0.383 e. The lowest BCUT2D eigenvalue weighted by molar-refractivity contribution is 0.534. The number of imidazole rings is 1. The van der Waals surface area contributed by atoms with Crippen LogP contribution in [0.2, 0.25) is 0 Å². The molecule has 1 aromatic heterocycles. The van der Waals surface area contributed by atoms with Gasteiger partial charge in [-0.3, -0.25) is 0 Å². The molecule has 3 rings (SSSR count). The molecule has 0 spiro atoms. The van der Waals surface area contributed by atoms with Gasteiger partial charge in [0.2, 0.25) is 0 Å². The Morgan fingerprint density at radius 2 is 1.81 bits per heavy atom. The molecule has 0 saturated heterocycles. The SMILES string of the molecule is CC(C)n1c(C2CCCC2)nc(-c2ccc(Br)cc2)c1N. The van der Waals surface area contributed by atoms with Gasteiger partial charge in [-0.05, 0) is 38.8 Å². The maximum Gasteiger partial charge on any atom is 0.131 e. The van der Waals surface area contributed by atoms with Crippen LogP contribution < -0.4 is 5.73 Å². The Labute approximate surface area is 134 Å². The Morgan fingerprint density at radius 1 is 1.19 bits per heavy atom. The van der Waals surface area contributed by atoms with Crippen molar-refractivity contribution in [3.63, 3.8) is 0 Å². The van der Waals surface area contributed by atoms with Crippen LogP contribution in [0.1, 0.15) is 57.3 Å². The number of aromatic nitrogens is 2. The fourth-order valence-corrected chi connectivity index (χ4v) is 3.56. The number of nitrogens with two attached hydrogens (primary N) is 1. The molecule has 0 aliphatic heterocycles. The first kappa shape index (κ1) is 14.6. The molecule has 1 aromatic carbocycles. The fourth-order valence-electron chi connectivity index (χ4n) is 3.30. The van der Waals surface area contributed by atoms with Crippen molar-refractivity contribution >= 4 is 21.7 Å². The summed E-state index contributed by atoms with van der Waals surface area (Å²) in [5.41, 5.74) is 8.45. The molecule has 3 nitrogen and oxygen atoms in total. The Hall–Kier alpha value is -1.29. The van der Waals surface area contributed by atoms with E-state index >= 15 is 0 Å². The highest BCUT2D eigenvalue weighted by atomic mass is 79.9. The number of hydrogen-bond donors (Lipinski definition) is 1. The van der Waals surface area contributed by atoms with Crippen molar-refractivity contribution in [3.8, 4) is 11.3 Å². The normalized spacial score (nSPS) is 16.0. The van der Waals surface area contributed by atoms with Gasteiger partial charge in [0.1, 0.15) is 17.3 Å². The van der Waals surface area contributed by atoms with Crippen molar-refractivity contribution in [3.05, 3.63) is 34.6 Å². The van der Waals surface area contributed by atoms with E-state index in [0.717, 1.165) is 21.5 Å². The molecular weight excluding hydrogens is 326 g/mol. The van der Waals surface area contributed by atoms with Gasteiger partial charge < -0.3 is 10.3 Å². The van der Waals surface area contributed by atoms with E-state index in [1.807, 2.05) is 12.1 Å². The van der Waals surface area contributed by atoms with Crippen LogP contribution in [0.5, 0.6) is 0 Å². The summed E-state index contributed by atoms with van der Waals surface area (Å²) in [5, 5.41) is 0. The van der Waals surface area contributed by atoms with Crippen molar-refractivity contribution < 1.29 is 0 Å². The van der Waals surface area contributed by atoms with Gasteiger partial charge in [0.05, 0.1) is 0 Å². The van der Waals surface area contributed by atoms with Gasteiger partial charge in [-0.15, -0.1) is 0 Å². The van der Waals surface area contributed by atoms with Gasteiger partial charge in [-0.1, -0.05) is 40.9 Å². The molecule has 0 bridgehead atoms. The van der Waals surface area contributed by atoms with E-state index in [2.05, 4.69) is 46.5 Å². The maximum atomic E-state index is 6.43. The van der Waals surface area contributed by atoms with E-state index in [4.69, 9.17) is 10.7 Å². The van der Waals surface area contributed by atoms with Crippen molar-refractivity contribution in [2.75, 3.05) is 5.73 Å². The third-order valence-corrected chi connectivity index (χ3v) is 4.86. The minimum atomic E-state index is 0.345. The van der Waals surface area contributed by atoms with Crippen molar-refractivity contribution in [2.45, 2.75) is 51.5 Å². The third-order valence-electron chi connectivity index (χ3n) is 4.33. The molecule has 112 valence electrons. The molecule has 1 aliphatic carbocycles. The maximum absolute atomic E-state index is 6.43. The number of rotatable bonds is 3. The molecule has 1 fully saturated rings. The van der Waals surface area contributed by atoms with Crippen LogP contribution in [0.4, 0.5) is 5.82 Å². The van der Waals surface area contributed by atoms with Crippen LogP contribution in [0.3, 0.4) is 0 Å². The molecule has 0 radical (unpaired) electrons. The Bertz CT molecular complexity index is 622. The summed E-state index contributed by atoms with van der Waals surface area (Å²) in [7, 11) is 0. The predicted molar refractivity (Wildman–Crippen MR) is 91.4 cm³/mol. The van der Waals surface area contributed by atoms with Gasteiger partial charge >= 0.3 is 0 Å². The van der Waals surface area contributed by atoms with E-state index in [-0.39, 0.29) is 0 Å². The molecular formula is C17H22BrN3. The summed E-state index contributed by atoms with van der Waals surface area (Å²) in [6.07, 6.45) is 5.10. The molecule has 1 saturated carbocycles. The fraction of sp³-hybridized carbons (Fsp3) is 0.471. The standard InChI is InChI=1S/C17H22BrN3/c1-11(2)21-16(19)15(12-7-9-14(18)10-8-12)20-17(21)13-5-3-4-6-13/h7-11,13H,3-6,19H2,1-2H3. The second-order valence-corrected chi connectivity index (χ2v) is 7.07. The molecule has 2 aromatic rings. The van der Waals surface area contributed by atoms with Crippen LogP contribution in [-0.4, -0.2) is 9.55 Å². The minimum Gasteiger partial charge on any atom is -0.383 e. The van der Waals surface area contributed by atoms with Gasteiger partial charge in [-0.2, -0.15) is 0 Å². The molecule has 1 heterocycles. The lowest BCUT2D eigenvalue weighted by Gasteiger charge is -2.17. The third kappa shape index (κ3) is 2.73. The quantitative estimate of drug-likeness (QED) is 0.835. The summed E-state index contributed by atoms with van der Waals surface area (Å²) >= 11 is 3.48. The zero-order chi connectivity index (χ0) is 15.0. The zero-order valence-corrected chi connectivity index (χ0v) is 14.2. The Morgan fingerprint density at radius 3 is 2.38 bits per heavy atom. The molecule has 21 heavy (non-hydrogen) atoms. The van der Waals surface area contributed by atoms with Crippen LogP contribution >= 0.6 is 15.9 Å². The number of benzene rings is 1. The number of nitrogens with zero attached hydrogens (tertiary/aromatic N) is 2. The van der Waals surface area contributed by atoms with Crippen LogP contribution in [0, 0.1) is 0 Å². The average molecular weight is 348 g/mol. The number of anilines is 1. The summed E-state index contributed by atoms with van der Waals surface area (Å²) in [6.45, 7) is 4.36. The summed E-state index contributed by atoms with van der Waals surface area (Å²) < 4.78 is 3.30. The van der Waals surface area contributed by atoms with E-state index in [1.165, 1.54) is 31.5 Å². The van der Waals surface area contributed by atoms with Gasteiger partial charge in [-0.25, -0.2) is 4.98 Å². The molecule has 0 unspecified atom stereocenters. The van der Waals surface area contributed by atoms with E-state index in [9.17, 15) is 0 Å². The smallest absolute Gasteiger partial charge is 0.131 e. The van der Waals surface area contributed by atoms with Gasteiger partial charge in [0.25, 0.3) is 0 Å². The molecule has 1 aliphatic rings. The monoisotopic (exact) mass is 347 g/mol. The topological polar surface area (TPSA) is 43.8 Å². The molecule has 4 heteroatoms. The minimum absolute atomic E-state index is 0.345. The van der Waals surface area contributed by atoms with Crippen molar-refractivity contribution in [2.24, 2.45) is 0 Å². The highest BCUT2D eigenvalue weighted by Crippen LogP contribution is 2.39. The lowest BCUT2D eigenvalue weighted by atomic mass is 10.1. The summed E-state index contributed by atoms with van der Waals surface area (Å²) in [5.74, 6) is 2.55. The van der Waals surface area contributed by atoms with E-state index in [0.29, 0.717) is 12.0 Å². The lowest BCUT2D eigenvalue weighted by Crippen LogP contribution is -2.11. The van der Waals surface area contributed by atoms with Crippen molar-refractivity contribution in [1.82, 2.24) is 9.55 Å². The second-order valence-electron chi connectivity index (χ2n) is 6.16. The molecule has 0 amide bonds. The van der Waals surface area contributed by atoms with Crippen LogP contribution in [0.25, 0.3) is 11.3 Å². The highest BCUT2D eigenvalue weighted by molar-refractivity contribution is 9.10. The van der Waals surface area contributed by atoms with E-state index < -0.39 is 0 Å². The first-order valence-electron chi connectivity index (χ1n) is 7.71. The molecule has 2 N–H and O–H groups in total. The highest BCUT2D eigenvalue weighted by Gasteiger charge is 2.26. The zero-order valence-electron chi connectivity index (χ0n) is 12.6. The predicted octanol–water partition coefficient (Wildman–Crippen LogP) is 5.13. The number of hydrogen-bond acceptors (Lipinski definition) is 2. The van der Waals surface area contributed by atoms with Gasteiger partial charge in [0.15, 0.2) is 0 Å². The number of halogens is 1. The van der Waals surface area contributed by atoms with Crippen molar-refractivity contribution in [1.29, 1.82) is 0 Å².